The summed E-state index contributed by atoms with van der Waals surface area (Å²) in [6, 6.07) is 9.03. The lowest BCUT2D eigenvalue weighted by Gasteiger charge is -2.23. The Morgan fingerprint density at radius 2 is 1.89 bits per heavy atom. The van der Waals surface area contributed by atoms with Gasteiger partial charge in [0.05, 0.1) is 16.8 Å². The molecule has 1 fully saturated rings. The number of carbonyl (C=O) groups is 2. The van der Waals surface area contributed by atoms with Crippen LogP contribution in [0.15, 0.2) is 48.1 Å². The topological polar surface area (TPSA) is 100 Å². The molecule has 0 radical (unpaired) electrons. The van der Waals surface area contributed by atoms with E-state index in [1.807, 2.05) is 28.1 Å². The summed E-state index contributed by atoms with van der Waals surface area (Å²) in [5.74, 6) is -0.711. The highest BCUT2D eigenvalue weighted by molar-refractivity contribution is 7.14. The molecule has 0 bridgehead atoms. The number of nitrogens with one attached hydrogen (secondary N) is 1. The van der Waals surface area contributed by atoms with Gasteiger partial charge in [-0.05, 0) is 48.6 Å². The molecule has 3 aromatic heterocycles. The first-order valence-corrected chi connectivity index (χ1v) is 13.0. The highest BCUT2D eigenvalue weighted by atomic mass is 32.1. The molecule has 186 valence electrons. The summed E-state index contributed by atoms with van der Waals surface area (Å²) in [6.45, 7) is 0.110. The van der Waals surface area contributed by atoms with Crippen LogP contribution < -0.4 is 5.32 Å². The van der Waals surface area contributed by atoms with Gasteiger partial charge in [-0.15, -0.1) is 11.3 Å². The molecule has 1 amide bonds. The van der Waals surface area contributed by atoms with E-state index in [2.05, 4.69) is 10.3 Å². The van der Waals surface area contributed by atoms with Crippen molar-refractivity contribution >= 4 is 44.9 Å². The predicted octanol–water partition coefficient (Wildman–Crippen LogP) is 5.74. The maximum atomic E-state index is 12.9. The number of rotatable bonds is 7. The van der Waals surface area contributed by atoms with E-state index in [9.17, 15) is 14.7 Å². The molecule has 9 heteroatoms. The monoisotopic (exact) mass is 503 g/mol. The summed E-state index contributed by atoms with van der Waals surface area (Å²) in [5.41, 5.74) is 4.74. The summed E-state index contributed by atoms with van der Waals surface area (Å²) in [4.78, 5) is 35.3. The molecule has 5 rings (SSSR count). The fourth-order valence-electron chi connectivity index (χ4n) is 5.03. The van der Waals surface area contributed by atoms with Crippen molar-refractivity contribution in [2.75, 3.05) is 19.4 Å². The van der Waals surface area contributed by atoms with Crippen molar-refractivity contribution in [3.63, 3.8) is 0 Å². The molecule has 0 aliphatic heterocycles. The lowest BCUT2D eigenvalue weighted by molar-refractivity contribution is -0.129. The van der Waals surface area contributed by atoms with E-state index in [1.54, 1.807) is 43.5 Å². The second kappa shape index (κ2) is 10.1. The summed E-state index contributed by atoms with van der Waals surface area (Å²) in [5, 5.41) is 16.8. The number of amides is 1. The van der Waals surface area contributed by atoms with E-state index in [4.69, 9.17) is 4.98 Å². The Kier molecular flexibility index (Phi) is 6.73. The summed E-state index contributed by atoms with van der Waals surface area (Å²) >= 11 is 1.50. The Morgan fingerprint density at radius 1 is 1.14 bits per heavy atom. The minimum Gasteiger partial charge on any atom is -0.478 e. The molecule has 0 atom stereocenters. The Hall–Kier alpha value is -3.72. The number of thiazole rings is 1. The zero-order valence-electron chi connectivity index (χ0n) is 20.4. The number of fused-ring (bicyclic) bond motifs is 1. The van der Waals surface area contributed by atoms with Crippen LogP contribution in [0, 0.1) is 0 Å². The lowest BCUT2D eigenvalue weighted by atomic mass is 9.82. The number of carboxylic acid groups (broad SMARTS) is 1. The normalized spacial score (nSPS) is 14.2. The van der Waals surface area contributed by atoms with Gasteiger partial charge in [-0.2, -0.15) is 0 Å². The van der Waals surface area contributed by atoms with Crippen molar-refractivity contribution in [3.05, 3.63) is 59.2 Å². The van der Waals surface area contributed by atoms with Crippen molar-refractivity contribution in [2.45, 2.75) is 44.6 Å². The van der Waals surface area contributed by atoms with Crippen LogP contribution in [0.5, 0.6) is 0 Å². The minimum atomic E-state index is -0.984. The maximum Gasteiger partial charge on any atom is 0.335 e. The third kappa shape index (κ3) is 4.70. The average molecular weight is 504 g/mol. The van der Waals surface area contributed by atoms with Gasteiger partial charge in [0, 0.05) is 42.9 Å². The van der Waals surface area contributed by atoms with Crippen LogP contribution in [0.1, 0.15) is 53.9 Å². The number of aromatic carboxylic acids is 1. The molecule has 2 N–H and O–H groups in total. The summed E-state index contributed by atoms with van der Waals surface area (Å²) in [6.07, 6.45) is 9.13. The smallest absolute Gasteiger partial charge is 0.335 e. The van der Waals surface area contributed by atoms with E-state index in [0.29, 0.717) is 5.92 Å². The van der Waals surface area contributed by atoms with Gasteiger partial charge in [-0.25, -0.2) is 9.78 Å². The molecule has 1 aromatic carbocycles. The molecule has 1 aliphatic carbocycles. The zero-order valence-corrected chi connectivity index (χ0v) is 21.2. The molecule has 36 heavy (non-hydrogen) atoms. The van der Waals surface area contributed by atoms with E-state index in [0.717, 1.165) is 58.8 Å². The van der Waals surface area contributed by atoms with Crippen molar-refractivity contribution < 1.29 is 14.7 Å². The first-order valence-electron chi connectivity index (χ1n) is 12.1. The zero-order chi connectivity index (χ0) is 25.2. The Balaban J connectivity index is 1.70. The van der Waals surface area contributed by atoms with E-state index >= 15 is 0 Å². The second-order valence-electron chi connectivity index (χ2n) is 9.41. The van der Waals surface area contributed by atoms with Gasteiger partial charge in [0.2, 0.25) is 5.91 Å². The number of likely N-dealkylation sites (N-methyl/N-ethyl adjacent to an activating group) is 1. The second-order valence-corrected chi connectivity index (χ2v) is 10.3. The molecule has 1 saturated carbocycles. The number of anilines is 2. The highest BCUT2D eigenvalue weighted by Crippen LogP contribution is 2.45. The van der Waals surface area contributed by atoms with Crippen LogP contribution in [-0.4, -0.2) is 50.5 Å². The predicted molar refractivity (Wildman–Crippen MR) is 142 cm³/mol. The van der Waals surface area contributed by atoms with Crippen LogP contribution in [0.2, 0.25) is 0 Å². The van der Waals surface area contributed by atoms with Crippen LogP contribution in [0.3, 0.4) is 0 Å². The Bertz CT molecular complexity index is 1400. The number of aromatic nitrogens is 3. The number of carbonyl (C=O) groups excluding carboxylic acids is 1. The van der Waals surface area contributed by atoms with E-state index in [1.165, 1.54) is 23.3 Å². The number of hydrogen-bond donors (Lipinski definition) is 2. The van der Waals surface area contributed by atoms with Crippen LogP contribution in [0.4, 0.5) is 10.8 Å². The van der Waals surface area contributed by atoms with Crippen molar-refractivity contribution in [3.8, 4) is 11.4 Å². The van der Waals surface area contributed by atoms with Gasteiger partial charge in [-0.3, -0.25) is 9.78 Å². The van der Waals surface area contributed by atoms with Gasteiger partial charge in [0.25, 0.3) is 0 Å². The molecule has 0 saturated heterocycles. The van der Waals surface area contributed by atoms with Gasteiger partial charge in [0.15, 0.2) is 5.13 Å². The molecule has 0 spiro atoms. The quantitative estimate of drug-likeness (QED) is 0.334. The standard InChI is InChI=1S/C27H29N5O3S/c1-31(2)23(33)15-32-22-14-18(26(34)35)8-9-20(22)24(17-6-4-3-5-7-17)25(32)21-16-36-27(30-21)29-19-10-12-28-13-11-19/h8-14,16-17H,3-7,15H2,1-2H3,(H,34,35)(H,28,29,30). The summed E-state index contributed by atoms with van der Waals surface area (Å²) < 4.78 is 1.97. The number of nitrogens with zero attached hydrogens (tertiary/aromatic N) is 4. The fourth-order valence-corrected chi connectivity index (χ4v) is 5.74. The van der Waals surface area contributed by atoms with E-state index in [-0.39, 0.29) is 18.0 Å². The minimum absolute atomic E-state index is 0.0607. The van der Waals surface area contributed by atoms with Gasteiger partial charge >= 0.3 is 5.97 Å². The number of benzene rings is 1. The molecule has 4 aromatic rings. The van der Waals surface area contributed by atoms with Crippen LogP contribution >= 0.6 is 11.3 Å². The van der Waals surface area contributed by atoms with Crippen molar-refractivity contribution in [2.24, 2.45) is 0 Å². The van der Waals surface area contributed by atoms with Gasteiger partial charge in [-0.1, -0.05) is 25.3 Å². The summed E-state index contributed by atoms with van der Waals surface area (Å²) in [7, 11) is 3.47. The maximum absolute atomic E-state index is 12.9. The Labute approximate surface area is 213 Å². The third-order valence-corrected chi connectivity index (χ3v) is 7.59. The Morgan fingerprint density at radius 3 is 2.58 bits per heavy atom. The molecule has 8 nitrogen and oxygen atoms in total. The molecule has 0 unspecified atom stereocenters. The van der Waals surface area contributed by atoms with Crippen molar-refractivity contribution in [1.29, 1.82) is 0 Å². The van der Waals surface area contributed by atoms with Crippen LogP contribution in [0.25, 0.3) is 22.3 Å². The molecular weight excluding hydrogens is 474 g/mol. The third-order valence-electron chi connectivity index (χ3n) is 6.83. The first-order chi connectivity index (χ1) is 17.4. The first kappa shape index (κ1) is 24.0. The van der Waals surface area contributed by atoms with Gasteiger partial charge < -0.3 is 19.9 Å². The molecular formula is C27H29N5O3S. The average Bonchev–Trinajstić information content (AvgIpc) is 3.47. The lowest BCUT2D eigenvalue weighted by Crippen LogP contribution is -2.26. The molecule has 1 aliphatic rings. The SMILES string of the molecule is CN(C)C(=O)Cn1c(-c2csc(Nc3ccncc3)n2)c(C2CCCCC2)c2ccc(C(=O)O)cc21. The number of carboxylic acids is 1. The van der Waals surface area contributed by atoms with E-state index < -0.39 is 5.97 Å². The van der Waals surface area contributed by atoms with Crippen molar-refractivity contribution in [1.82, 2.24) is 19.4 Å². The van der Waals surface area contributed by atoms with Crippen LogP contribution in [-0.2, 0) is 11.3 Å². The largest absolute Gasteiger partial charge is 0.478 e. The molecule has 3 heterocycles. The fraction of sp³-hybridized carbons (Fsp3) is 0.333. The van der Waals surface area contributed by atoms with Gasteiger partial charge in [0.1, 0.15) is 12.2 Å². The number of hydrogen-bond acceptors (Lipinski definition) is 6. The number of pyridine rings is 1. The highest BCUT2D eigenvalue weighted by Gasteiger charge is 2.29.